The molecule has 0 aromatic carbocycles. The monoisotopic (exact) mass is 244 g/mol. The molecule has 86 valence electrons. The molecular weight excluding hydrogens is 228 g/mol. The third-order valence-corrected chi connectivity index (χ3v) is 5.39. The zero-order valence-electron chi connectivity index (χ0n) is 8.47. The van der Waals surface area contributed by atoms with Crippen LogP contribution < -0.4 is 5.73 Å². The standard InChI is InChI=1S/C6H16N2O4S2/c1-6(7)4-8(2)14(11,12)5-13(3,9)10/h6H,4-5,7H2,1-3H3. The number of rotatable bonds is 5. The van der Waals surface area contributed by atoms with E-state index in [1.54, 1.807) is 6.92 Å². The molecule has 1 unspecified atom stereocenters. The van der Waals surface area contributed by atoms with Crippen LogP contribution in [0.4, 0.5) is 0 Å². The number of hydrogen-bond donors (Lipinski definition) is 1. The molecule has 14 heavy (non-hydrogen) atoms. The van der Waals surface area contributed by atoms with Gasteiger partial charge in [0.15, 0.2) is 14.9 Å². The smallest absolute Gasteiger partial charge is 0.228 e. The minimum absolute atomic E-state index is 0.109. The van der Waals surface area contributed by atoms with Crippen molar-refractivity contribution in [2.24, 2.45) is 5.73 Å². The normalized spacial score (nSPS) is 15.8. The summed E-state index contributed by atoms with van der Waals surface area (Å²) >= 11 is 0. The third kappa shape index (κ3) is 5.53. The summed E-state index contributed by atoms with van der Waals surface area (Å²) in [6.45, 7) is 1.75. The molecule has 0 spiro atoms. The van der Waals surface area contributed by atoms with E-state index in [9.17, 15) is 16.8 Å². The lowest BCUT2D eigenvalue weighted by molar-refractivity contribution is 0.448. The maximum Gasteiger partial charge on any atom is 0.228 e. The maximum absolute atomic E-state index is 11.4. The Morgan fingerprint density at radius 3 is 2.00 bits per heavy atom. The fraction of sp³-hybridized carbons (Fsp3) is 1.00. The molecule has 0 rings (SSSR count). The maximum atomic E-state index is 11.4. The fourth-order valence-electron chi connectivity index (χ4n) is 0.880. The quantitative estimate of drug-likeness (QED) is 0.641. The van der Waals surface area contributed by atoms with E-state index >= 15 is 0 Å². The number of sulfonamides is 1. The van der Waals surface area contributed by atoms with Gasteiger partial charge in [-0.1, -0.05) is 0 Å². The molecule has 0 aromatic rings. The van der Waals surface area contributed by atoms with Crippen LogP contribution in [0, 0.1) is 0 Å². The van der Waals surface area contributed by atoms with Crippen molar-refractivity contribution in [3.8, 4) is 0 Å². The Labute approximate surface area is 85.0 Å². The first-order valence-electron chi connectivity index (χ1n) is 3.92. The van der Waals surface area contributed by atoms with Gasteiger partial charge in [0.05, 0.1) is 0 Å². The Morgan fingerprint density at radius 1 is 1.29 bits per heavy atom. The number of sulfone groups is 1. The Balaban J connectivity index is 4.64. The van der Waals surface area contributed by atoms with Crippen molar-refractivity contribution in [2.75, 3.05) is 24.9 Å². The van der Waals surface area contributed by atoms with Crippen molar-refractivity contribution in [3.05, 3.63) is 0 Å². The minimum atomic E-state index is -3.75. The molecule has 0 aromatic heterocycles. The van der Waals surface area contributed by atoms with Crippen LogP contribution in [0.2, 0.25) is 0 Å². The molecule has 0 saturated heterocycles. The second kappa shape index (κ2) is 4.56. The summed E-state index contributed by atoms with van der Waals surface area (Å²) in [4.78, 5) is 0. The highest BCUT2D eigenvalue weighted by Crippen LogP contribution is 2.02. The van der Waals surface area contributed by atoms with Crippen molar-refractivity contribution in [1.82, 2.24) is 4.31 Å². The summed E-state index contributed by atoms with van der Waals surface area (Å²) in [6, 6.07) is -0.325. The molecule has 0 saturated carbocycles. The summed E-state index contributed by atoms with van der Waals surface area (Å²) in [5.74, 6) is 0. The predicted octanol–water partition coefficient (Wildman–Crippen LogP) is -1.40. The van der Waals surface area contributed by atoms with E-state index in [1.165, 1.54) is 7.05 Å². The minimum Gasteiger partial charge on any atom is -0.327 e. The Morgan fingerprint density at radius 2 is 1.71 bits per heavy atom. The second-order valence-corrected chi connectivity index (χ2v) is 7.99. The van der Waals surface area contributed by atoms with Crippen LogP contribution in [0.3, 0.4) is 0 Å². The molecule has 8 heteroatoms. The number of hydrogen-bond acceptors (Lipinski definition) is 5. The van der Waals surface area contributed by atoms with Crippen molar-refractivity contribution in [1.29, 1.82) is 0 Å². The molecule has 6 nitrogen and oxygen atoms in total. The van der Waals surface area contributed by atoms with Crippen LogP contribution in [0.25, 0.3) is 0 Å². The largest absolute Gasteiger partial charge is 0.327 e. The molecule has 0 radical (unpaired) electrons. The first-order valence-corrected chi connectivity index (χ1v) is 7.59. The molecule has 0 heterocycles. The average Bonchev–Trinajstić information content (AvgIpc) is 1.78. The number of nitrogens with zero attached hydrogens (tertiary/aromatic N) is 1. The van der Waals surface area contributed by atoms with Crippen molar-refractivity contribution in [3.63, 3.8) is 0 Å². The summed E-state index contributed by atoms with van der Waals surface area (Å²) < 4.78 is 45.3. The Bertz CT molecular complexity index is 371. The van der Waals surface area contributed by atoms with Gasteiger partial charge < -0.3 is 5.73 Å². The van der Waals surface area contributed by atoms with Gasteiger partial charge in [-0.3, -0.25) is 0 Å². The van der Waals surface area contributed by atoms with E-state index in [0.717, 1.165) is 10.6 Å². The van der Waals surface area contributed by atoms with Gasteiger partial charge in [-0.15, -0.1) is 0 Å². The highest BCUT2D eigenvalue weighted by atomic mass is 32.3. The van der Waals surface area contributed by atoms with Crippen LogP contribution in [-0.2, 0) is 19.9 Å². The van der Waals surface area contributed by atoms with Gasteiger partial charge in [0.2, 0.25) is 10.0 Å². The van der Waals surface area contributed by atoms with Crippen LogP contribution >= 0.6 is 0 Å². The molecule has 1 atom stereocenters. The summed E-state index contributed by atoms with van der Waals surface area (Å²) in [6.07, 6.45) is 0.879. The second-order valence-electron chi connectivity index (χ2n) is 3.41. The van der Waals surface area contributed by atoms with Gasteiger partial charge in [0, 0.05) is 25.9 Å². The van der Waals surface area contributed by atoms with Gasteiger partial charge in [0.1, 0.15) is 0 Å². The van der Waals surface area contributed by atoms with Crippen LogP contribution in [0.15, 0.2) is 0 Å². The van der Waals surface area contributed by atoms with Crippen molar-refractivity contribution < 1.29 is 16.8 Å². The molecular formula is C6H16N2O4S2. The fourth-order valence-corrected chi connectivity index (χ4v) is 4.23. The van der Waals surface area contributed by atoms with E-state index in [2.05, 4.69) is 0 Å². The third-order valence-electron chi connectivity index (χ3n) is 1.38. The van der Waals surface area contributed by atoms with Gasteiger partial charge in [-0.2, -0.15) is 0 Å². The molecule has 2 N–H and O–H groups in total. The summed E-state index contributed by atoms with van der Waals surface area (Å²) in [5, 5.41) is -0.872. The van der Waals surface area contributed by atoms with Crippen molar-refractivity contribution in [2.45, 2.75) is 13.0 Å². The zero-order valence-corrected chi connectivity index (χ0v) is 10.1. The van der Waals surface area contributed by atoms with E-state index in [4.69, 9.17) is 5.73 Å². The van der Waals surface area contributed by atoms with Crippen LogP contribution in [0.1, 0.15) is 6.92 Å². The van der Waals surface area contributed by atoms with Crippen LogP contribution in [-0.4, -0.2) is 52.1 Å². The lowest BCUT2D eigenvalue weighted by Gasteiger charge is -2.18. The SMILES string of the molecule is CC(N)CN(C)S(=O)(=O)CS(C)(=O)=O. The summed E-state index contributed by atoms with van der Waals surface area (Å²) in [5.41, 5.74) is 5.40. The highest BCUT2D eigenvalue weighted by Gasteiger charge is 2.23. The predicted molar refractivity (Wildman–Crippen MR) is 54.9 cm³/mol. The van der Waals surface area contributed by atoms with Crippen LogP contribution in [0.5, 0.6) is 0 Å². The average molecular weight is 244 g/mol. The molecule has 0 fully saturated rings. The topological polar surface area (TPSA) is 97.5 Å². The lowest BCUT2D eigenvalue weighted by Crippen LogP contribution is -2.39. The van der Waals surface area contributed by atoms with Gasteiger partial charge >= 0.3 is 0 Å². The molecule has 0 bridgehead atoms. The number of likely N-dealkylation sites (N-methyl/N-ethyl adjacent to an activating group) is 1. The first kappa shape index (κ1) is 13.8. The number of nitrogens with two attached hydrogens (primary N) is 1. The van der Waals surface area contributed by atoms with E-state index in [-0.39, 0.29) is 12.6 Å². The van der Waals surface area contributed by atoms with Crippen molar-refractivity contribution >= 4 is 19.9 Å². The lowest BCUT2D eigenvalue weighted by atomic mass is 10.4. The Kier molecular flexibility index (Phi) is 4.50. The molecule has 0 amide bonds. The Hall–Kier alpha value is -0.180. The van der Waals surface area contributed by atoms with E-state index < -0.39 is 24.9 Å². The first-order chi connectivity index (χ1) is 6.04. The highest BCUT2D eigenvalue weighted by molar-refractivity contribution is 8.06. The van der Waals surface area contributed by atoms with Gasteiger partial charge in [-0.25, -0.2) is 21.1 Å². The zero-order chi connectivity index (χ0) is 11.6. The summed E-state index contributed by atoms with van der Waals surface area (Å²) in [7, 11) is -5.97. The van der Waals surface area contributed by atoms with Gasteiger partial charge in [0.25, 0.3) is 0 Å². The van der Waals surface area contributed by atoms with E-state index in [1.807, 2.05) is 0 Å². The molecule has 0 aliphatic carbocycles. The van der Waals surface area contributed by atoms with E-state index in [0.29, 0.717) is 0 Å². The molecule has 0 aliphatic rings. The molecule has 0 aliphatic heterocycles. The van der Waals surface area contributed by atoms with Gasteiger partial charge in [-0.05, 0) is 6.92 Å².